The fraction of sp³-hybridized carbons (Fsp3) is 0.435. The van der Waals surface area contributed by atoms with E-state index in [4.69, 9.17) is 9.47 Å². The third kappa shape index (κ3) is 5.75. The van der Waals surface area contributed by atoms with Gasteiger partial charge in [0, 0.05) is 24.7 Å². The number of nitrogens with one attached hydrogen (secondary N) is 1. The summed E-state index contributed by atoms with van der Waals surface area (Å²) in [6.45, 7) is 3.14. The van der Waals surface area contributed by atoms with E-state index in [1.807, 2.05) is 0 Å². The van der Waals surface area contributed by atoms with E-state index in [1.165, 1.54) is 24.1 Å². The van der Waals surface area contributed by atoms with Gasteiger partial charge in [0.2, 0.25) is 0 Å². The molecule has 1 aliphatic heterocycles. The van der Waals surface area contributed by atoms with Crippen molar-refractivity contribution in [3.05, 3.63) is 52.6 Å². The molecule has 0 aromatic heterocycles. The second kappa shape index (κ2) is 9.84. The summed E-state index contributed by atoms with van der Waals surface area (Å²) in [7, 11) is 1.32. The molecule has 0 saturated carbocycles. The van der Waals surface area contributed by atoms with Crippen molar-refractivity contribution in [3.8, 4) is 11.5 Å². The zero-order valence-corrected chi connectivity index (χ0v) is 19.0. The van der Waals surface area contributed by atoms with Crippen molar-refractivity contribution in [3.63, 3.8) is 0 Å². The van der Waals surface area contributed by atoms with Crippen molar-refractivity contribution in [1.82, 2.24) is 5.32 Å². The fourth-order valence-corrected chi connectivity index (χ4v) is 4.06. The number of rotatable bonds is 5. The molecule has 0 bridgehead atoms. The van der Waals surface area contributed by atoms with Crippen LogP contribution in [0.4, 0.5) is 36.8 Å². The van der Waals surface area contributed by atoms with E-state index in [-0.39, 0.29) is 48.4 Å². The molecular weight excluding hydrogens is 482 g/mol. The molecule has 192 valence electrons. The summed E-state index contributed by atoms with van der Waals surface area (Å²) in [6, 6.07) is 3.14. The Labute approximate surface area is 197 Å². The van der Waals surface area contributed by atoms with Gasteiger partial charge >= 0.3 is 18.4 Å². The average molecular weight is 506 g/mol. The van der Waals surface area contributed by atoms with Gasteiger partial charge in [-0.2, -0.15) is 26.3 Å². The first-order valence-corrected chi connectivity index (χ1v) is 10.6. The molecule has 6 nitrogen and oxygen atoms in total. The van der Waals surface area contributed by atoms with Crippen LogP contribution in [0.1, 0.15) is 48.6 Å². The maximum absolute atomic E-state index is 13.2. The zero-order chi connectivity index (χ0) is 26.1. The molecule has 0 radical (unpaired) electrons. The van der Waals surface area contributed by atoms with Gasteiger partial charge in [-0.15, -0.1) is 0 Å². The topological polar surface area (TPSA) is 71.0 Å². The Morgan fingerprint density at radius 1 is 1.09 bits per heavy atom. The highest BCUT2D eigenvalue weighted by molar-refractivity contribution is 5.91. The second-order valence-electron chi connectivity index (χ2n) is 8.08. The number of benzene rings is 2. The molecule has 2 aromatic carbocycles. The Bertz CT molecular complexity index is 1050. The highest BCUT2D eigenvalue weighted by atomic mass is 19.4. The Kier molecular flexibility index (Phi) is 7.44. The van der Waals surface area contributed by atoms with Gasteiger partial charge in [-0.3, -0.25) is 4.90 Å². The van der Waals surface area contributed by atoms with Gasteiger partial charge in [0.15, 0.2) is 11.5 Å². The summed E-state index contributed by atoms with van der Waals surface area (Å²) in [5.41, 5.74) is -2.25. The molecule has 12 heteroatoms. The van der Waals surface area contributed by atoms with E-state index in [1.54, 1.807) is 13.8 Å². The van der Waals surface area contributed by atoms with Crippen molar-refractivity contribution in [2.45, 2.75) is 51.2 Å². The Morgan fingerprint density at radius 3 is 2.20 bits per heavy atom. The van der Waals surface area contributed by atoms with E-state index in [2.05, 4.69) is 5.32 Å². The fourth-order valence-electron chi connectivity index (χ4n) is 4.06. The number of carbonyl (C=O) groups is 1. The predicted octanol–water partition coefficient (Wildman–Crippen LogP) is 6.02. The summed E-state index contributed by atoms with van der Waals surface area (Å²) in [6.07, 6.45) is -10.3. The van der Waals surface area contributed by atoms with Crippen molar-refractivity contribution >= 4 is 11.8 Å². The molecule has 2 aromatic rings. The number of aromatic hydroxyl groups is 1. The minimum absolute atomic E-state index is 0.0757. The maximum atomic E-state index is 13.2. The molecule has 0 spiro atoms. The molecule has 0 unspecified atom stereocenters. The van der Waals surface area contributed by atoms with Crippen LogP contribution in [0.15, 0.2) is 30.3 Å². The van der Waals surface area contributed by atoms with Gasteiger partial charge in [0.25, 0.3) is 0 Å². The molecule has 0 fully saturated rings. The number of nitrogens with zero attached hydrogens (tertiary/aromatic N) is 1. The van der Waals surface area contributed by atoms with Gasteiger partial charge in [-0.25, -0.2) is 4.79 Å². The van der Waals surface area contributed by atoms with Crippen LogP contribution in [-0.2, 0) is 23.6 Å². The first-order chi connectivity index (χ1) is 16.3. The molecule has 2 N–H and O–H groups in total. The lowest BCUT2D eigenvalue weighted by Gasteiger charge is -2.39. The van der Waals surface area contributed by atoms with Crippen LogP contribution < -0.4 is 15.0 Å². The van der Waals surface area contributed by atoms with Crippen molar-refractivity contribution in [1.29, 1.82) is 0 Å². The van der Waals surface area contributed by atoms with Crippen LogP contribution in [0.5, 0.6) is 11.5 Å². The van der Waals surface area contributed by atoms with E-state index < -0.39 is 41.7 Å². The second-order valence-corrected chi connectivity index (χ2v) is 8.08. The standard InChI is InChI=1S/C23H24F6N2O4/c1-4-35-21(33)31-12(2)5-17(16-9-20(34-3)19(32)10-18(16)31)30-11-13-6-14(22(24,25)26)8-15(7-13)23(27,28)29/h6-10,12,17,30,32H,4-5,11H2,1-3H3/t12-,17+/m1/s1. The number of fused-ring (bicyclic) bond motifs is 1. The monoisotopic (exact) mass is 506 g/mol. The number of amides is 1. The third-order valence-electron chi connectivity index (χ3n) is 5.65. The first-order valence-electron chi connectivity index (χ1n) is 10.6. The summed E-state index contributed by atoms with van der Waals surface area (Å²) >= 11 is 0. The molecule has 1 amide bonds. The van der Waals surface area contributed by atoms with Crippen LogP contribution in [0.25, 0.3) is 0 Å². The number of phenols is 1. The lowest BCUT2D eigenvalue weighted by Crippen LogP contribution is -2.45. The van der Waals surface area contributed by atoms with E-state index >= 15 is 0 Å². The highest BCUT2D eigenvalue weighted by Gasteiger charge is 2.38. The normalized spacial score (nSPS) is 18.3. The Hall–Kier alpha value is -3.15. The first kappa shape index (κ1) is 26.5. The van der Waals surface area contributed by atoms with Crippen LogP contribution in [0.2, 0.25) is 0 Å². The summed E-state index contributed by atoms with van der Waals surface area (Å²) < 4.78 is 89.5. The van der Waals surface area contributed by atoms with Gasteiger partial charge in [0.1, 0.15) is 0 Å². The minimum atomic E-state index is -4.95. The number of ether oxygens (including phenoxy) is 2. The number of methoxy groups -OCH3 is 1. The molecule has 3 rings (SSSR count). The van der Waals surface area contributed by atoms with Crippen LogP contribution in [0, 0.1) is 0 Å². The van der Waals surface area contributed by atoms with Crippen LogP contribution in [-0.4, -0.2) is 31.0 Å². The van der Waals surface area contributed by atoms with Crippen molar-refractivity contribution in [2.24, 2.45) is 0 Å². The predicted molar refractivity (Wildman–Crippen MR) is 114 cm³/mol. The number of anilines is 1. The van der Waals surface area contributed by atoms with Crippen molar-refractivity contribution < 1.29 is 45.7 Å². The quantitative estimate of drug-likeness (QED) is 0.485. The summed E-state index contributed by atoms with van der Waals surface area (Å²) in [5.74, 6) is -0.159. The maximum Gasteiger partial charge on any atom is 0.416 e. The van der Waals surface area contributed by atoms with E-state index in [0.717, 1.165) is 0 Å². The number of phenolic OH excluding ortho intramolecular Hbond substituents is 1. The SMILES string of the molecule is CCOC(=O)N1c2cc(O)c(OC)cc2[C@@H](NCc2cc(C(F)(F)F)cc(C(F)(F)F)c2)C[C@H]1C. The number of alkyl halides is 6. The molecule has 2 atom stereocenters. The third-order valence-corrected chi connectivity index (χ3v) is 5.65. The number of halogens is 6. The molecule has 0 aliphatic carbocycles. The van der Waals surface area contributed by atoms with E-state index in [0.29, 0.717) is 17.7 Å². The number of hydrogen-bond donors (Lipinski definition) is 2. The summed E-state index contributed by atoms with van der Waals surface area (Å²) in [4.78, 5) is 13.9. The Morgan fingerprint density at radius 2 is 1.69 bits per heavy atom. The number of carbonyl (C=O) groups excluding carboxylic acids is 1. The highest BCUT2D eigenvalue weighted by Crippen LogP contribution is 2.44. The molecular formula is C23H24F6N2O4. The molecule has 35 heavy (non-hydrogen) atoms. The Balaban J connectivity index is 1.98. The van der Waals surface area contributed by atoms with Gasteiger partial charge < -0.3 is 19.9 Å². The van der Waals surface area contributed by atoms with E-state index in [9.17, 15) is 36.2 Å². The number of hydrogen-bond acceptors (Lipinski definition) is 5. The van der Waals surface area contributed by atoms with Crippen LogP contribution >= 0.6 is 0 Å². The lowest BCUT2D eigenvalue weighted by atomic mass is 9.91. The molecule has 1 heterocycles. The average Bonchev–Trinajstić information content (AvgIpc) is 2.75. The van der Waals surface area contributed by atoms with Gasteiger partial charge in [-0.05, 0) is 55.7 Å². The van der Waals surface area contributed by atoms with Crippen molar-refractivity contribution in [2.75, 3.05) is 18.6 Å². The molecule has 1 aliphatic rings. The van der Waals surface area contributed by atoms with Gasteiger partial charge in [0.05, 0.1) is 30.5 Å². The zero-order valence-electron chi connectivity index (χ0n) is 19.0. The van der Waals surface area contributed by atoms with Gasteiger partial charge in [-0.1, -0.05) is 0 Å². The minimum Gasteiger partial charge on any atom is -0.504 e. The van der Waals surface area contributed by atoms with Crippen LogP contribution in [0.3, 0.4) is 0 Å². The summed E-state index contributed by atoms with van der Waals surface area (Å²) in [5, 5.41) is 13.2. The smallest absolute Gasteiger partial charge is 0.416 e. The molecule has 0 saturated heterocycles. The lowest BCUT2D eigenvalue weighted by molar-refractivity contribution is -0.143. The largest absolute Gasteiger partial charge is 0.504 e.